The van der Waals surface area contributed by atoms with Crippen molar-refractivity contribution in [2.24, 2.45) is 0 Å². The van der Waals surface area contributed by atoms with Gasteiger partial charge in [-0.05, 0) is 90.6 Å². The fraction of sp³-hybridized carbons (Fsp3) is 0.273. The van der Waals surface area contributed by atoms with Gasteiger partial charge in [-0.2, -0.15) is 11.2 Å². The van der Waals surface area contributed by atoms with Gasteiger partial charge >= 0.3 is 20.4 Å². The van der Waals surface area contributed by atoms with Crippen molar-refractivity contribution in [2.45, 2.75) is 80.1 Å². The molecule has 0 aliphatic carbocycles. The van der Waals surface area contributed by atoms with Crippen LogP contribution in [0.3, 0.4) is 0 Å². The van der Waals surface area contributed by atoms with Gasteiger partial charge in [0, 0.05) is 34.5 Å². The Hall–Kier alpha value is -4.50. The molecule has 0 aliphatic heterocycles. The summed E-state index contributed by atoms with van der Waals surface area (Å²) in [7, 11) is 0. The number of rotatable bonds is 10. The van der Waals surface area contributed by atoms with Crippen LogP contribution in [0.1, 0.15) is 80.6 Å². The molecular weight excluding hydrogens is 707 g/mol. The van der Waals surface area contributed by atoms with Crippen molar-refractivity contribution >= 4 is 21.8 Å². The smallest absolute Gasteiger partial charge is 0.509 e. The minimum absolute atomic E-state index is 0. The summed E-state index contributed by atoms with van der Waals surface area (Å²) >= 11 is 0. The van der Waals surface area contributed by atoms with E-state index in [1.807, 2.05) is 16.9 Å². The molecule has 256 valence electrons. The number of hydrogen-bond acceptors (Lipinski definition) is 3. The van der Waals surface area contributed by atoms with Crippen molar-refractivity contribution in [3.05, 3.63) is 131 Å². The van der Waals surface area contributed by atoms with E-state index in [-0.39, 0.29) is 26.3 Å². The van der Waals surface area contributed by atoms with Crippen LogP contribution in [0.15, 0.2) is 85.1 Å². The second-order valence-electron chi connectivity index (χ2n) is 13.2. The van der Waals surface area contributed by atoms with Gasteiger partial charge in [-0.15, -0.1) is 41.3 Å². The number of para-hydroxylation sites is 1. The maximum Gasteiger partial charge on any atom is 2.00 e. The van der Waals surface area contributed by atoms with Crippen molar-refractivity contribution in [1.29, 1.82) is 0 Å². The fourth-order valence-corrected chi connectivity index (χ4v) is 7.17. The molecular formula is C44H44N4OPd. The molecule has 0 amide bonds. The quantitative estimate of drug-likeness (QED) is 0.103. The first-order chi connectivity index (χ1) is 23.8. The monoisotopic (exact) mass is 750 g/mol. The summed E-state index contributed by atoms with van der Waals surface area (Å²) in [6, 6.07) is 35.0. The Balaban J connectivity index is 0.00000432. The summed E-state index contributed by atoms with van der Waals surface area (Å²) in [6.45, 7) is 15.4. The first-order valence-corrected chi connectivity index (χ1v) is 17.6. The topological polar surface area (TPSA) is 44.9 Å². The minimum atomic E-state index is 0. The van der Waals surface area contributed by atoms with E-state index in [2.05, 4.69) is 138 Å². The normalized spacial score (nSPS) is 11.4. The molecule has 3 heterocycles. The summed E-state index contributed by atoms with van der Waals surface area (Å²) < 4.78 is 10.9. The molecule has 6 heteroatoms. The second kappa shape index (κ2) is 14.8. The van der Waals surface area contributed by atoms with Crippen LogP contribution in [-0.4, -0.2) is 19.3 Å². The Morgan fingerprint density at radius 3 is 2.26 bits per heavy atom. The summed E-state index contributed by atoms with van der Waals surface area (Å²) in [5.41, 5.74) is 12.7. The summed E-state index contributed by atoms with van der Waals surface area (Å²) in [5.74, 6) is 2.44. The molecule has 0 fully saturated rings. The molecule has 0 radical (unpaired) electrons. The molecule has 0 saturated heterocycles. The van der Waals surface area contributed by atoms with Gasteiger partial charge in [0.1, 0.15) is 5.82 Å². The van der Waals surface area contributed by atoms with Crippen molar-refractivity contribution in [1.82, 2.24) is 19.3 Å². The Morgan fingerprint density at radius 2 is 1.54 bits per heavy atom. The first kappa shape index (κ1) is 35.3. The van der Waals surface area contributed by atoms with Gasteiger partial charge in [-0.3, -0.25) is 4.68 Å². The second-order valence-corrected chi connectivity index (χ2v) is 13.2. The average Bonchev–Trinajstić information content (AvgIpc) is 3.60. The molecule has 0 unspecified atom stereocenters. The van der Waals surface area contributed by atoms with E-state index in [0.29, 0.717) is 11.5 Å². The first-order valence-electron chi connectivity index (χ1n) is 17.6. The maximum atomic E-state index is 6.64. The van der Waals surface area contributed by atoms with Crippen LogP contribution in [0.5, 0.6) is 11.5 Å². The number of aromatic nitrogens is 4. The predicted molar refractivity (Wildman–Crippen MR) is 202 cm³/mol. The third-order valence-electron chi connectivity index (χ3n) is 9.64. The molecule has 5 nitrogen and oxygen atoms in total. The Morgan fingerprint density at radius 1 is 0.780 bits per heavy atom. The summed E-state index contributed by atoms with van der Waals surface area (Å²) in [4.78, 5) is 4.80. The molecule has 3 aromatic heterocycles. The van der Waals surface area contributed by atoms with E-state index < -0.39 is 0 Å². The van der Waals surface area contributed by atoms with Crippen LogP contribution in [0, 0.1) is 26.0 Å². The van der Waals surface area contributed by atoms with Crippen LogP contribution in [0.25, 0.3) is 44.4 Å². The third kappa shape index (κ3) is 6.44. The number of hydrogen-bond donors (Lipinski definition) is 0. The number of pyridine rings is 1. The van der Waals surface area contributed by atoms with Crippen LogP contribution < -0.4 is 4.74 Å². The van der Waals surface area contributed by atoms with E-state index in [1.54, 1.807) is 0 Å². The van der Waals surface area contributed by atoms with Crippen molar-refractivity contribution in [3.8, 4) is 34.1 Å². The van der Waals surface area contributed by atoms with Crippen molar-refractivity contribution < 1.29 is 25.2 Å². The number of fused-ring (bicyclic) bond motifs is 3. The minimum Gasteiger partial charge on any atom is -0.509 e. The van der Waals surface area contributed by atoms with Crippen LogP contribution in [0.4, 0.5) is 0 Å². The van der Waals surface area contributed by atoms with Crippen LogP contribution in [-0.2, 0) is 39.7 Å². The zero-order chi connectivity index (χ0) is 34.2. The molecule has 7 aromatic rings. The van der Waals surface area contributed by atoms with E-state index in [9.17, 15) is 0 Å². The third-order valence-corrected chi connectivity index (χ3v) is 9.64. The molecule has 0 spiro atoms. The molecule has 0 atom stereocenters. The SMILES string of the molecule is CCCc1ccnc(-n2c3[c-]c(Oc4[c-]c(-n5nc(C)c(-c6c(CC)cccc6CC)c5C)cc(C(C)C)c4)ccc3c3ccccc32)c1.[Pd+2]. The van der Waals surface area contributed by atoms with Gasteiger partial charge in [-0.1, -0.05) is 83.0 Å². The standard InChI is InChI=1S/C44H44N4O.Pd/c1-8-14-31-21-22-45-42(23-31)47-40-18-12-11-17-38(40)39-20-19-36(27-41(39)47)49-37-25-34(28(4)5)24-35(26-37)48-30(7)43(29(6)46-48)44-32(9-2)15-13-16-33(44)10-3;/h11-13,15-25,28H,8-10,14H2,1-7H3;/q-2;+2. The molecule has 50 heavy (non-hydrogen) atoms. The average molecular weight is 751 g/mol. The zero-order valence-corrected chi connectivity index (χ0v) is 31.6. The van der Waals surface area contributed by atoms with Crippen molar-refractivity contribution in [2.75, 3.05) is 0 Å². The van der Waals surface area contributed by atoms with Gasteiger partial charge < -0.3 is 9.30 Å². The number of ether oxygens (including phenoxy) is 1. The number of aryl methyl sites for hydroxylation is 4. The van der Waals surface area contributed by atoms with E-state index in [1.165, 1.54) is 27.8 Å². The van der Waals surface area contributed by atoms with Gasteiger partial charge in [-0.25, -0.2) is 4.98 Å². The van der Waals surface area contributed by atoms with Gasteiger partial charge in [0.05, 0.1) is 5.69 Å². The maximum absolute atomic E-state index is 6.64. The Kier molecular flexibility index (Phi) is 10.4. The summed E-state index contributed by atoms with van der Waals surface area (Å²) in [6.07, 6.45) is 5.94. The number of nitrogens with zero attached hydrogens (tertiary/aromatic N) is 4. The number of benzene rings is 4. The fourth-order valence-electron chi connectivity index (χ4n) is 7.17. The van der Waals surface area contributed by atoms with Crippen molar-refractivity contribution in [3.63, 3.8) is 0 Å². The Labute approximate surface area is 310 Å². The Bertz CT molecular complexity index is 2290. The molecule has 7 rings (SSSR count). The largest absolute Gasteiger partial charge is 2.00 e. The molecule has 0 aliphatic rings. The van der Waals surface area contributed by atoms with E-state index in [4.69, 9.17) is 14.8 Å². The van der Waals surface area contributed by atoms with E-state index in [0.717, 1.165) is 75.9 Å². The summed E-state index contributed by atoms with van der Waals surface area (Å²) in [5, 5.41) is 7.37. The van der Waals surface area contributed by atoms with Gasteiger partial charge in [0.15, 0.2) is 0 Å². The van der Waals surface area contributed by atoms with Crippen LogP contribution in [0.2, 0.25) is 0 Å². The molecule has 4 aromatic carbocycles. The molecule has 0 N–H and O–H groups in total. The molecule has 0 bridgehead atoms. The van der Waals surface area contributed by atoms with Gasteiger partial charge in [0.2, 0.25) is 0 Å². The van der Waals surface area contributed by atoms with E-state index >= 15 is 0 Å². The van der Waals surface area contributed by atoms with Crippen LogP contribution >= 0.6 is 0 Å². The van der Waals surface area contributed by atoms with Gasteiger partial charge in [0.25, 0.3) is 0 Å². The predicted octanol–water partition coefficient (Wildman–Crippen LogP) is 11.2. The zero-order valence-electron chi connectivity index (χ0n) is 30.0. The molecule has 0 saturated carbocycles.